The van der Waals surface area contributed by atoms with E-state index < -0.39 is 21.9 Å². The SMILES string of the molecule is CN1CCN(CC2CNc3cc(NC(=O)OC(C)(C)C)ccc3O2)S1(=O)=O. The minimum absolute atomic E-state index is 0.288. The molecule has 0 saturated carbocycles. The van der Waals surface area contributed by atoms with Crippen molar-refractivity contribution in [2.75, 3.05) is 43.9 Å². The fourth-order valence-electron chi connectivity index (χ4n) is 2.91. The number of ether oxygens (including phenoxy) is 2. The summed E-state index contributed by atoms with van der Waals surface area (Å²) in [6.07, 6.45) is -0.816. The maximum atomic E-state index is 12.2. The number of amides is 1. The largest absolute Gasteiger partial charge is 0.485 e. The van der Waals surface area contributed by atoms with Gasteiger partial charge in [-0.1, -0.05) is 0 Å². The second-order valence-electron chi connectivity index (χ2n) is 7.65. The Labute approximate surface area is 159 Å². The molecule has 10 heteroatoms. The van der Waals surface area contributed by atoms with E-state index in [9.17, 15) is 13.2 Å². The van der Waals surface area contributed by atoms with Gasteiger partial charge in [-0.15, -0.1) is 0 Å². The number of nitrogens with one attached hydrogen (secondary N) is 2. The number of benzene rings is 1. The molecule has 1 aromatic carbocycles. The van der Waals surface area contributed by atoms with Crippen molar-refractivity contribution in [3.05, 3.63) is 18.2 Å². The van der Waals surface area contributed by atoms with Crippen LogP contribution in [0, 0.1) is 0 Å². The monoisotopic (exact) mass is 398 g/mol. The number of fused-ring (bicyclic) bond motifs is 1. The lowest BCUT2D eigenvalue weighted by atomic mass is 10.2. The molecule has 1 aromatic rings. The molecular weight excluding hydrogens is 372 g/mol. The van der Waals surface area contributed by atoms with Crippen LogP contribution in [-0.4, -0.2) is 68.1 Å². The van der Waals surface area contributed by atoms with Crippen molar-refractivity contribution >= 4 is 27.7 Å². The third-order valence-electron chi connectivity index (χ3n) is 4.23. The molecule has 9 nitrogen and oxygen atoms in total. The molecule has 1 saturated heterocycles. The summed E-state index contributed by atoms with van der Waals surface area (Å²) >= 11 is 0. The van der Waals surface area contributed by atoms with Crippen LogP contribution in [0.25, 0.3) is 0 Å². The molecule has 0 bridgehead atoms. The molecule has 0 radical (unpaired) electrons. The Morgan fingerprint density at radius 3 is 2.74 bits per heavy atom. The standard InChI is InChI=1S/C17H26N4O5S/c1-17(2,3)26-16(22)19-12-5-6-15-14(9-12)18-10-13(25-15)11-21-8-7-20(4)27(21,23)24/h5-6,9,13,18H,7-8,10-11H2,1-4H3,(H,19,22). The zero-order chi connectivity index (χ0) is 19.8. The first kappa shape index (κ1) is 19.7. The summed E-state index contributed by atoms with van der Waals surface area (Å²) in [4.78, 5) is 11.9. The summed E-state index contributed by atoms with van der Waals surface area (Å²) in [7, 11) is -1.81. The topological polar surface area (TPSA) is 100 Å². The van der Waals surface area contributed by atoms with Gasteiger partial charge in [0.15, 0.2) is 0 Å². The zero-order valence-electron chi connectivity index (χ0n) is 16.0. The van der Waals surface area contributed by atoms with Crippen LogP contribution >= 0.6 is 0 Å². The number of hydrogen-bond acceptors (Lipinski definition) is 6. The maximum Gasteiger partial charge on any atom is 0.412 e. The molecule has 27 heavy (non-hydrogen) atoms. The Morgan fingerprint density at radius 2 is 2.11 bits per heavy atom. The Hall–Kier alpha value is -2.04. The molecule has 0 spiro atoms. The van der Waals surface area contributed by atoms with E-state index in [1.807, 2.05) is 0 Å². The number of carbonyl (C=O) groups excluding carboxylic acids is 1. The molecule has 2 aliphatic heterocycles. The fraction of sp³-hybridized carbons (Fsp3) is 0.588. The minimum Gasteiger partial charge on any atom is -0.485 e. The summed E-state index contributed by atoms with van der Waals surface area (Å²) in [5.74, 6) is 0.617. The first-order chi connectivity index (χ1) is 12.5. The molecule has 2 N–H and O–H groups in total. The minimum atomic E-state index is -3.38. The molecule has 150 valence electrons. The van der Waals surface area contributed by atoms with Crippen LogP contribution in [0.5, 0.6) is 5.75 Å². The smallest absolute Gasteiger partial charge is 0.412 e. The van der Waals surface area contributed by atoms with Crippen molar-refractivity contribution in [2.45, 2.75) is 32.5 Å². The van der Waals surface area contributed by atoms with Crippen LogP contribution in [0.1, 0.15) is 20.8 Å². The van der Waals surface area contributed by atoms with E-state index >= 15 is 0 Å². The molecule has 1 unspecified atom stereocenters. The highest BCUT2D eigenvalue weighted by Gasteiger charge is 2.36. The van der Waals surface area contributed by atoms with Crippen LogP contribution in [0.4, 0.5) is 16.2 Å². The van der Waals surface area contributed by atoms with Crippen LogP contribution in [-0.2, 0) is 14.9 Å². The van der Waals surface area contributed by atoms with Crippen LogP contribution in [0.15, 0.2) is 18.2 Å². The van der Waals surface area contributed by atoms with Crippen molar-refractivity contribution in [2.24, 2.45) is 0 Å². The van der Waals surface area contributed by atoms with Gasteiger partial charge in [0.05, 0.1) is 18.8 Å². The summed E-state index contributed by atoms with van der Waals surface area (Å²) in [5, 5.41) is 5.92. The Kier molecular flexibility index (Phi) is 5.24. The van der Waals surface area contributed by atoms with Crippen LogP contribution in [0.2, 0.25) is 0 Å². The van der Waals surface area contributed by atoms with Gasteiger partial charge in [0, 0.05) is 25.8 Å². The number of hydrogen-bond donors (Lipinski definition) is 2. The van der Waals surface area contributed by atoms with E-state index in [4.69, 9.17) is 9.47 Å². The lowest BCUT2D eigenvalue weighted by molar-refractivity contribution is 0.0636. The van der Waals surface area contributed by atoms with Gasteiger partial charge in [-0.3, -0.25) is 5.32 Å². The fourth-order valence-corrected chi connectivity index (χ4v) is 4.28. The second-order valence-corrected chi connectivity index (χ2v) is 9.68. The first-order valence-electron chi connectivity index (χ1n) is 8.80. The number of rotatable bonds is 3. The molecule has 0 aliphatic carbocycles. The Balaban J connectivity index is 1.62. The predicted molar refractivity (Wildman–Crippen MR) is 102 cm³/mol. The first-order valence-corrected chi connectivity index (χ1v) is 10.2. The van der Waals surface area contributed by atoms with Crippen LogP contribution in [0.3, 0.4) is 0 Å². The highest BCUT2D eigenvalue weighted by molar-refractivity contribution is 7.87. The van der Waals surface area contributed by atoms with Gasteiger partial charge in [-0.25, -0.2) is 4.79 Å². The van der Waals surface area contributed by atoms with Gasteiger partial charge >= 0.3 is 6.09 Å². The lowest BCUT2D eigenvalue weighted by Crippen LogP contribution is -2.43. The molecule has 1 atom stereocenters. The molecule has 3 rings (SSSR count). The lowest BCUT2D eigenvalue weighted by Gasteiger charge is -2.30. The van der Waals surface area contributed by atoms with Gasteiger partial charge in [-0.2, -0.15) is 17.0 Å². The van der Waals surface area contributed by atoms with Gasteiger partial charge in [0.1, 0.15) is 17.5 Å². The summed E-state index contributed by atoms with van der Waals surface area (Å²) in [5.41, 5.74) is 0.749. The highest BCUT2D eigenvalue weighted by atomic mass is 32.2. The number of anilines is 2. The Morgan fingerprint density at radius 1 is 1.37 bits per heavy atom. The van der Waals surface area contributed by atoms with Gasteiger partial charge in [0.2, 0.25) is 0 Å². The van der Waals surface area contributed by atoms with Crippen molar-refractivity contribution in [1.29, 1.82) is 0 Å². The highest BCUT2D eigenvalue weighted by Crippen LogP contribution is 2.32. The molecule has 1 amide bonds. The molecule has 2 aliphatic rings. The van der Waals surface area contributed by atoms with Crippen molar-refractivity contribution in [1.82, 2.24) is 8.61 Å². The normalized spacial score (nSPS) is 22.4. The second kappa shape index (κ2) is 7.17. The summed E-state index contributed by atoms with van der Waals surface area (Å²) in [6, 6.07) is 5.22. The molecule has 2 heterocycles. The van der Waals surface area contributed by atoms with Crippen molar-refractivity contribution in [3.63, 3.8) is 0 Å². The third kappa shape index (κ3) is 4.63. The van der Waals surface area contributed by atoms with Crippen LogP contribution < -0.4 is 15.4 Å². The van der Waals surface area contributed by atoms with E-state index in [0.29, 0.717) is 31.1 Å². The maximum absolute atomic E-state index is 12.2. The van der Waals surface area contributed by atoms with Gasteiger partial charge in [0.25, 0.3) is 10.2 Å². The number of carbonyl (C=O) groups is 1. The summed E-state index contributed by atoms with van der Waals surface area (Å²) < 4.78 is 38.3. The average molecular weight is 398 g/mol. The molecular formula is C17H26N4O5S. The third-order valence-corrected chi connectivity index (χ3v) is 6.18. The van der Waals surface area contributed by atoms with Crippen molar-refractivity contribution in [3.8, 4) is 5.75 Å². The van der Waals surface area contributed by atoms with Crippen molar-refractivity contribution < 1.29 is 22.7 Å². The zero-order valence-corrected chi connectivity index (χ0v) is 16.8. The Bertz CT molecular complexity index is 821. The number of likely N-dealkylation sites (N-methyl/N-ethyl adjacent to an activating group) is 1. The average Bonchev–Trinajstić information content (AvgIpc) is 2.80. The predicted octanol–water partition coefficient (Wildman–Crippen LogP) is 1.70. The number of nitrogens with zero attached hydrogens (tertiary/aromatic N) is 2. The van der Waals surface area contributed by atoms with Gasteiger partial charge < -0.3 is 14.8 Å². The van der Waals surface area contributed by atoms with E-state index in [2.05, 4.69) is 10.6 Å². The van der Waals surface area contributed by atoms with Gasteiger partial charge in [-0.05, 0) is 39.0 Å². The quantitative estimate of drug-likeness (QED) is 0.804. The van der Waals surface area contributed by atoms with E-state index in [0.717, 1.165) is 5.69 Å². The summed E-state index contributed by atoms with van der Waals surface area (Å²) in [6.45, 7) is 7.10. The van der Waals surface area contributed by atoms with E-state index in [-0.39, 0.29) is 12.6 Å². The molecule has 0 aromatic heterocycles. The van der Waals surface area contributed by atoms with E-state index in [1.165, 1.54) is 8.61 Å². The van der Waals surface area contributed by atoms with E-state index in [1.54, 1.807) is 46.0 Å². The molecule has 1 fully saturated rings.